The van der Waals surface area contributed by atoms with E-state index in [0.717, 1.165) is 27.8 Å². The lowest BCUT2D eigenvalue weighted by Crippen LogP contribution is -2.26. The Bertz CT molecular complexity index is 581. The van der Waals surface area contributed by atoms with Crippen LogP contribution >= 0.6 is 11.3 Å². The number of nitrogens with zero attached hydrogens (tertiary/aromatic N) is 2. The minimum absolute atomic E-state index is 0.0552. The first-order valence-corrected chi connectivity index (χ1v) is 7.93. The van der Waals surface area contributed by atoms with Gasteiger partial charge in [0.25, 0.3) is 0 Å². The van der Waals surface area contributed by atoms with E-state index in [4.69, 9.17) is 4.98 Å². The molecule has 1 N–H and O–H groups in total. The van der Waals surface area contributed by atoms with Gasteiger partial charge in [0.15, 0.2) is 5.13 Å². The molecule has 4 heteroatoms. The highest BCUT2D eigenvalue weighted by atomic mass is 32.1. The molecule has 20 heavy (non-hydrogen) atoms. The second kappa shape index (κ2) is 5.54. The molecule has 1 saturated heterocycles. The van der Waals surface area contributed by atoms with Gasteiger partial charge in [0.2, 0.25) is 0 Å². The molecule has 1 fully saturated rings. The second-order valence-electron chi connectivity index (χ2n) is 5.63. The van der Waals surface area contributed by atoms with Crippen LogP contribution in [-0.2, 0) is 6.61 Å². The third kappa shape index (κ3) is 2.45. The van der Waals surface area contributed by atoms with E-state index in [-0.39, 0.29) is 6.61 Å². The molecular weight excluding hydrogens is 268 g/mol. The summed E-state index contributed by atoms with van der Waals surface area (Å²) in [5.41, 5.74) is 2.01. The Balaban J connectivity index is 1.97. The van der Waals surface area contributed by atoms with E-state index in [0.29, 0.717) is 12.0 Å². The first-order chi connectivity index (χ1) is 9.69. The van der Waals surface area contributed by atoms with Gasteiger partial charge in [-0.05, 0) is 19.3 Å². The highest BCUT2D eigenvalue weighted by Gasteiger charge is 2.29. The summed E-state index contributed by atoms with van der Waals surface area (Å²) in [5.74, 6) is 0.714. The fraction of sp³-hybridized carbons (Fsp3) is 0.438. The van der Waals surface area contributed by atoms with Crippen LogP contribution in [0.4, 0.5) is 5.13 Å². The number of aromatic nitrogens is 1. The Morgan fingerprint density at radius 2 is 2.05 bits per heavy atom. The van der Waals surface area contributed by atoms with Crippen LogP contribution in [0.25, 0.3) is 11.3 Å². The summed E-state index contributed by atoms with van der Waals surface area (Å²) in [4.78, 5) is 8.13. The summed E-state index contributed by atoms with van der Waals surface area (Å²) < 4.78 is 0. The number of hydrogen-bond donors (Lipinski definition) is 1. The van der Waals surface area contributed by atoms with E-state index in [1.165, 1.54) is 6.42 Å². The maximum atomic E-state index is 9.61. The first-order valence-electron chi connectivity index (χ1n) is 7.11. The van der Waals surface area contributed by atoms with Crippen molar-refractivity contribution in [2.75, 3.05) is 11.4 Å². The number of benzene rings is 1. The fourth-order valence-electron chi connectivity index (χ4n) is 2.96. The highest BCUT2D eigenvalue weighted by Crippen LogP contribution is 2.37. The minimum atomic E-state index is 0.0552. The van der Waals surface area contributed by atoms with E-state index in [2.05, 4.69) is 18.7 Å². The molecule has 0 saturated carbocycles. The van der Waals surface area contributed by atoms with Crippen molar-refractivity contribution in [2.45, 2.75) is 32.9 Å². The molecule has 2 aromatic rings. The van der Waals surface area contributed by atoms with Crippen LogP contribution in [0.15, 0.2) is 30.3 Å². The smallest absolute Gasteiger partial charge is 0.186 e. The van der Waals surface area contributed by atoms with Gasteiger partial charge in [0.1, 0.15) is 0 Å². The van der Waals surface area contributed by atoms with Gasteiger partial charge in [-0.3, -0.25) is 0 Å². The fourth-order valence-corrected chi connectivity index (χ4v) is 4.01. The van der Waals surface area contributed by atoms with Crippen molar-refractivity contribution in [2.24, 2.45) is 5.92 Å². The van der Waals surface area contributed by atoms with E-state index in [9.17, 15) is 5.11 Å². The lowest BCUT2D eigenvalue weighted by atomic mass is 10.1. The zero-order chi connectivity index (χ0) is 14.1. The summed E-state index contributed by atoms with van der Waals surface area (Å²) in [5, 5.41) is 10.7. The molecule has 0 amide bonds. The Labute approximate surface area is 123 Å². The van der Waals surface area contributed by atoms with Crippen LogP contribution in [-0.4, -0.2) is 22.7 Å². The maximum absolute atomic E-state index is 9.61. The Hall–Kier alpha value is -1.39. The van der Waals surface area contributed by atoms with Crippen molar-refractivity contribution in [3.05, 3.63) is 35.2 Å². The van der Waals surface area contributed by atoms with Crippen molar-refractivity contribution >= 4 is 16.5 Å². The lowest BCUT2D eigenvalue weighted by Gasteiger charge is -2.19. The first kappa shape index (κ1) is 13.6. The van der Waals surface area contributed by atoms with Crippen molar-refractivity contribution in [1.82, 2.24) is 4.98 Å². The summed E-state index contributed by atoms with van der Waals surface area (Å²) in [7, 11) is 0. The zero-order valence-electron chi connectivity index (χ0n) is 11.9. The Kier molecular flexibility index (Phi) is 3.76. The summed E-state index contributed by atoms with van der Waals surface area (Å²) in [6.07, 6.45) is 1.22. The van der Waals surface area contributed by atoms with Crippen LogP contribution in [0.1, 0.15) is 25.1 Å². The number of aliphatic hydroxyl groups is 1. The molecule has 106 valence electrons. The van der Waals surface area contributed by atoms with Crippen LogP contribution in [0.2, 0.25) is 0 Å². The standard InChI is InChI=1S/C16H20N2OS/c1-11-8-12(2)18(9-11)16-17-15(14(10-19)20-16)13-6-4-3-5-7-13/h3-7,11-12,19H,8-10H2,1-2H3. The molecule has 3 nitrogen and oxygen atoms in total. The van der Waals surface area contributed by atoms with E-state index in [1.807, 2.05) is 30.3 Å². The Morgan fingerprint density at radius 3 is 2.65 bits per heavy atom. The quantitative estimate of drug-likeness (QED) is 0.938. The third-order valence-corrected chi connectivity index (χ3v) is 4.98. The predicted octanol–water partition coefficient (Wildman–Crippen LogP) is 3.54. The summed E-state index contributed by atoms with van der Waals surface area (Å²) in [6.45, 7) is 5.66. The molecule has 1 aromatic carbocycles. The van der Waals surface area contributed by atoms with Gasteiger partial charge in [-0.2, -0.15) is 0 Å². The van der Waals surface area contributed by atoms with Gasteiger partial charge in [-0.15, -0.1) is 0 Å². The van der Waals surface area contributed by atoms with Gasteiger partial charge in [0, 0.05) is 18.2 Å². The largest absolute Gasteiger partial charge is 0.391 e. The maximum Gasteiger partial charge on any atom is 0.186 e. The molecule has 1 aromatic heterocycles. The monoisotopic (exact) mass is 288 g/mol. The van der Waals surface area contributed by atoms with Gasteiger partial charge < -0.3 is 10.0 Å². The molecule has 0 bridgehead atoms. The molecule has 2 atom stereocenters. The number of thiazole rings is 1. The average molecular weight is 288 g/mol. The van der Waals surface area contributed by atoms with Crippen LogP contribution < -0.4 is 4.90 Å². The van der Waals surface area contributed by atoms with Gasteiger partial charge in [-0.25, -0.2) is 4.98 Å². The number of hydrogen-bond acceptors (Lipinski definition) is 4. The SMILES string of the molecule is CC1CC(C)N(c2nc(-c3ccccc3)c(CO)s2)C1. The van der Waals surface area contributed by atoms with Crippen LogP contribution in [0, 0.1) is 5.92 Å². The molecule has 1 aliphatic heterocycles. The average Bonchev–Trinajstić information content (AvgIpc) is 3.02. The van der Waals surface area contributed by atoms with Gasteiger partial charge >= 0.3 is 0 Å². The van der Waals surface area contributed by atoms with Gasteiger partial charge in [-0.1, -0.05) is 48.6 Å². The van der Waals surface area contributed by atoms with Crippen LogP contribution in [0.3, 0.4) is 0 Å². The molecule has 0 aliphatic carbocycles. The second-order valence-corrected chi connectivity index (χ2v) is 6.70. The molecule has 0 spiro atoms. The van der Waals surface area contributed by atoms with Crippen molar-refractivity contribution in [1.29, 1.82) is 0 Å². The Morgan fingerprint density at radius 1 is 1.30 bits per heavy atom. The topological polar surface area (TPSA) is 36.4 Å². The lowest BCUT2D eigenvalue weighted by molar-refractivity contribution is 0.286. The molecule has 2 heterocycles. The third-order valence-electron chi connectivity index (χ3n) is 3.91. The number of anilines is 1. The van der Waals surface area contributed by atoms with Crippen LogP contribution in [0.5, 0.6) is 0 Å². The van der Waals surface area contributed by atoms with E-state index in [1.54, 1.807) is 11.3 Å². The number of aliphatic hydroxyl groups excluding tert-OH is 1. The molecule has 2 unspecified atom stereocenters. The number of rotatable bonds is 3. The minimum Gasteiger partial charge on any atom is -0.391 e. The predicted molar refractivity (Wildman–Crippen MR) is 84.1 cm³/mol. The summed E-state index contributed by atoms with van der Waals surface area (Å²) >= 11 is 1.62. The molecule has 1 aliphatic rings. The van der Waals surface area contributed by atoms with Crippen molar-refractivity contribution in [3.8, 4) is 11.3 Å². The zero-order valence-corrected chi connectivity index (χ0v) is 12.7. The molecule has 3 rings (SSSR count). The van der Waals surface area contributed by atoms with Crippen molar-refractivity contribution in [3.63, 3.8) is 0 Å². The van der Waals surface area contributed by atoms with Gasteiger partial charge in [0.05, 0.1) is 17.2 Å². The van der Waals surface area contributed by atoms with E-state index < -0.39 is 0 Å². The van der Waals surface area contributed by atoms with Crippen molar-refractivity contribution < 1.29 is 5.11 Å². The normalized spacial score (nSPS) is 22.4. The molecular formula is C16H20N2OS. The molecule has 0 radical (unpaired) electrons. The summed E-state index contributed by atoms with van der Waals surface area (Å²) in [6, 6.07) is 10.7. The highest BCUT2D eigenvalue weighted by molar-refractivity contribution is 7.16. The van der Waals surface area contributed by atoms with E-state index >= 15 is 0 Å².